The lowest BCUT2D eigenvalue weighted by Crippen LogP contribution is -2.15. The summed E-state index contributed by atoms with van der Waals surface area (Å²) in [5.74, 6) is 0. The molecule has 0 N–H and O–H groups in total. The van der Waals surface area contributed by atoms with Crippen LogP contribution >= 0.6 is 11.3 Å². The standard InChI is InChI=1S/C44H28N2S/c1-2-10-31-27-34(20-19-29(31)9-1)45(35-25-26-43-39(28-35)37-14-4-6-18-42(37)47-43)32-21-23-33(24-22-32)46-40-16-5-3-13-36(40)38-15-7-11-30-12-8-17-41(46)44(30)38/h1-28H. The van der Waals surface area contributed by atoms with Crippen molar-refractivity contribution in [3.63, 3.8) is 0 Å². The summed E-state index contributed by atoms with van der Waals surface area (Å²) in [5.41, 5.74) is 9.50. The fourth-order valence-electron chi connectivity index (χ4n) is 7.40. The molecule has 0 bridgehead atoms. The summed E-state index contributed by atoms with van der Waals surface area (Å²) in [6.45, 7) is 0. The Balaban J connectivity index is 1.15. The lowest BCUT2D eigenvalue weighted by atomic mass is 9.91. The van der Waals surface area contributed by atoms with Gasteiger partial charge in [-0.3, -0.25) is 0 Å². The summed E-state index contributed by atoms with van der Waals surface area (Å²) in [6.07, 6.45) is 0. The number of nitrogens with zero attached hydrogens (tertiary/aromatic N) is 2. The molecule has 0 fully saturated rings. The molecule has 0 radical (unpaired) electrons. The first kappa shape index (κ1) is 26.3. The number of rotatable bonds is 4. The van der Waals surface area contributed by atoms with Gasteiger partial charge in [-0.25, -0.2) is 0 Å². The molecule has 0 saturated carbocycles. The molecule has 0 amide bonds. The Kier molecular flexibility index (Phi) is 5.78. The van der Waals surface area contributed by atoms with Gasteiger partial charge in [-0.1, -0.05) is 97.1 Å². The van der Waals surface area contributed by atoms with Crippen LogP contribution in [0.25, 0.3) is 52.8 Å². The first-order valence-electron chi connectivity index (χ1n) is 16.0. The fraction of sp³-hybridized carbons (Fsp3) is 0. The van der Waals surface area contributed by atoms with Crippen LogP contribution in [0.4, 0.5) is 34.1 Å². The minimum Gasteiger partial charge on any atom is -0.310 e. The zero-order valence-corrected chi connectivity index (χ0v) is 26.3. The van der Waals surface area contributed by atoms with Crippen LogP contribution < -0.4 is 9.80 Å². The van der Waals surface area contributed by atoms with Gasteiger partial charge in [0.25, 0.3) is 0 Å². The molecule has 47 heavy (non-hydrogen) atoms. The Labute approximate surface area is 277 Å². The van der Waals surface area contributed by atoms with Crippen molar-refractivity contribution >= 4 is 87.2 Å². The van der Waals surface area contributed by atoms with Crippen molar-refractivity contribution in [2.75, 3.05) is 9.80 Å². The summed E-state index contributed by atoms with van der Waals surface area (Å²) in [5, 5.41) is 7.62. The van der Waals surface area contributed by atoms with Crippen LogP contribution in [0, 0.1) is 0 Å². The zero-order chi connectivity index (χ0) is 30.9. The van der Waals surface area contributed by atoms with E-state index in [0.717, 1.165) is 22.7 Å². The first-order chi connectivity index (χ1) is 23.3. The number of hydrogen-bond acceptors (Lipinski definition) is 3. The van der Waals surface area contributed by atoms with Crippen LogP contribution in [-0.2, 0) is 0 Å². The van der Waals surface area contributed by atoms with E-state index in [1.807, 2.05) is 11.3 Å². The van der Waals surface area contributed by atoms with Gasteiger partial charge in [0.05, 0.1) is 11.4 Å². The SMILES string of the molecule is c1ccc2c(c1)-c1cccc3cccc(c13)N2c1ccc(N(c2ccc3ccccc3c2)c2ccc3sc4ccccc4c3c2)cc1. The van der Waals surface area contributed by atoms with Gasteiger partial charge in [0.15, 0.2) is 0 Å². The predicted octanol–water partition coefficient (Wildman–Crippen LogP) is 13.3. The summed E-state index contributed by atoms with van der Waals surface area (Å²) in [7, 11) is 0. The zero-order valence-electron chi connectivity index (χ0n) is 25.5. The van der Waals surface area contributed by atoms with Crippen molar-refractivity contribution in [2.45, 2.75) is 0 Å². The Bertz CT molecular complexity index is 2650. The molecule has 220 valence electrons. The minimum absolute atomic E-state index is 1.12. The molecule has 1 aliphatic rings. The molecule has 10 rings (SSSR count). The third-order valence-electron chi connectivity index (χ3n) is 9.53. The van der Waals surface area contributed by atoms with E-state index >= 15 is 0 Å². The second-order valence-corrected chi connectivity index (χ2v) is 13.3. The molecule has 2 heterocycles. The molecule has 0 aliphatic carbocycles. The quantitative estimate of drug-likeness (QED) is 0.194. The van der Waals surface area contributed by atoms with Crippen LogP contribution in [0.1, 0.15) is 0 Å². The highest BCUT2D eigenvalue weighted by Gasteiger charge is 2.25. The second-order valence-electron chi connectivity index (χ2n) is 12.2. The van der Waals surface area contributed by atoms with Gasteiger partial charge in [-0.2, -0.15) is 0 Å². The maximum absolute atomic E-state index is 2.42. The van der Waals surface area contributed by atoms with E-state index in [-0.39, 0.29) is 0 Å². The molecule has 2 nitrogen and oxygen atoms in total. The van der Waals surface area contributed by atoms with Crippen LogP contribution in [-0.4, -0.2) is 0 Å². The number of para-hydroxylation sites is 1. The summed E-state index contributed by atoms with van der Waals surface area (Å²) in [6, 6.07) is 62.1. The smallest absolute Gasteiger partial charge is 0.0546 e. The van der Waals surface area contributed by atoms with Crippen molar-refractivity contribution in [3.05, 3.63) is 170 Å². The number of fused-ring (bicyclic) bond motifs is 6. The normalized spacial score (nSPS) is 12.2. The van der Waals surface area contributed by atoms with E-state index < -0.39 is 0 Å². The molecule has 3 heteroatoms. The lowest BCUT2D eigenvalue weighted by Gasteiger charge is -2.34. The monoisotopic (exact) mass is 616 g/mol. The second kappa shape index (κ2) is 10.3. The molecular weight excluding hydrogens is 589 g/mol. The van der Waals surface area contributed by atoms with E-state index in [2.05, 4.69) is 180 Å². The average molecular weight is 617 g/mol. The Morgan fingerprint density at radius 2 is 1.04 bits per heavy atom. The number of anilines is 6. The molecule has 0 spiro atoms. The van der Waals surface area contributed by atoms with Gasteiger partial charge in [0.2, 0.25) is 0 Å². The predicted molar refractivity (Wildman–Crippen MR) is 203 cm³/mol. The molecule has 0 unspecified atom stereocenters. The van der Waals surface area contributed by atoms with Gasteiger partial charge < -0.3 is 9.80 Å². The van der Waals surface area contributed by atoms with E-state index in [0.29, 0.717) is 0 Å². The maximum Gasteiger partial charge on any atom is 0.0546 e. The molecule has 0 saturated heterocycles. The topological polar surface area (TPSA) is 6.48 Å². The van der Waals surface area contributed by atoms with E-state index in [1.54, 1.807) is 0 Å². The Morgan fingerprint density at radius 3 is 1.96 bits per heavy atom. The van der Waals surface area contributed by atoms with Gasteiger partial charge in [0.1, 0.15) is 0 Å². The van der Waals surface area contributed by atoms with Crippen LogP contribution in [0.2, 0.25) is 0 Å². The molecular formula is C44H28N2S. The largest absolute Gasteiger partial charge is 0.310 e. The molecule has 0 atom stereocenters. The van der Waals surface area contributed by atoms with Crippen molar-refractivity contribution in [1.82, 2.24) is 0 Å². The van der Waals surface area contributed by atoms with Gasteiger partial charge in [-0.05, 0) is 94.5 Å². The van der Waals surface area contributed by atoms with Crippen molar-refractivity contribution in [1.29, 1.82) is 0 Å². The minimum atomic E-state index is 1.12. The fourth-order valence-corrected chi connectivity index (χ4v) is 8.49. The number of hydrogen-bond donors (Lipinski definition) is 0. The van der Waals surface area contributed by atoms with Crippen LogP contribution in [0.15, 0.2) is 170 Å². The average Bonchev–Trinajstić information content (AvgIpc) is 3.51. The van der Waals surface area contributed by atoms with Gasteiger partial charge in [0, 0.05) is 53.9 Å². The molecule has 1 aliphatic heterocycles. The van der Waals surface area contributed by atoms with E-state index in [4.69, 9.17) is 0 Å². The van der Waals surface area contributed by atoms with Crippen molar-refractivity contribution < 1.29 is 0 Å². The molecule has 8 aromatic carbocycles. The molecule has 1 aromatic heterocycles. The lowest BCUT2D eigenvalue weighted by molar-refractivity contribution is 1.26. The number of thiophene rings is 1. The van der Waals surface area contributed by atoms with Gasteiger partial charge >= 0.3 is 0 Å². The highest BCUT2D eigenvalue weighted by molar-refractivity contribution is 7.25. The summed E-state index contributed by atoms with van der Waals surface area (Å²) in [4.78, 5) is 4.81. The maximum atomic E-state index is 2.42. The third-order valence-corrected chi connectivity index (χ3v) is 10.7. The number of benzene rings is 8. The first-order valence-corrected chi connectivity index (χ1v) is 16.8. The van der Waals surface area contributed by atoms with Crippen LogP contribution in [0.5, 0.6) is 0 Å². The van der Waals surface area contributed by atoms with E-state index in [1.165, 1.54) is 64.2 Å². The Morgan fingerprint density at radius 1 is 0.404 bits per heavy atom. The molecule has 9 aromatic rings. The highest BCUT2D eigenvalue weighted by atomic mass is 32.1. The Hall–Kier alpha value is -5.90. The van der Waals surface area contributed by atoms with Crippen molar-refractivity contribution in [3.8, 4) is 11.1 Å². The van der Waals surface area contributed by atoms with Crippen LogP contribution in [0.3, 0.4) is 0 Å². The third kappa shape index (κ3) is 4.10. The van der Waals surface area contributed by atoms with E-state index in [9.17, 15) is 0 Å². The highest BCUT2D eigenvalue weighted by Crippen LogP contribution is 2.51. The summed E-state index contributed by atoms with van der Waals surface area (Å²) >= 11 is 1.86. The van der Waals surface area contributed by atoms with Crippen molar-refractivity contribution in [2.24, 2.45) is 0 Å². The summed E-state index contributed by atoms with van der Waals surface area (Å²) < 4.78 is 2.63. The van der Waals surface area contributed by atoms with Gasteiger partial charge in [-0.15, -0.1) is 11.3 Å².